The molecular formula is C13H21BrN2O2S2. The summed E-state index contributed by atoms with van der Waals surface area (Å²) < 4.78 is 27.4. The molecule has 0 fully saturated rings. The van der Waals surface area contributed by atoms with Crippen LogP contribution in [0.25, 0.3) is 0 Å². The Bertz CT molecular complexity index is 541. The van der Waals surface area contributed by atoms with Crippen LogP contribution < -0.4 is 5.32 Å². The van der Waals surface area contributed by atoms with Gasteiger partial charge >= 0.3 is 0 Å². The van der Waals surface area contributed by atoms with Crippen LogP contribution in [0.2, 0.25) is 0 Å². The molecule has 1 N–H and O–H groups in total. The van der Waals surface area contributed by atoms with E-state index in [2.05, 4.69) is 27.8 Å². The second-order valence-electron chi connectivity index (χ2n) is 4.28. The quantitative estimate of drug-likeness (QED) is 0.669. The third-order valence-corrected chi connectivity index (χ3v) is 6.80. The maximum absolute atomic E-state index is 12.7. The molecule has 7 heteroatoms. The van der Waals surface area contributed by atoms with Gasteiger partial charge in [-0.25, -0.2) is 8.42 Å². The lowest BCUT2D eigenvalue weighted by molar-refractivity contribution is 0.441. The van der Waals surface area contributed by atoms with Crippen molar-refractivity contribution in [2.24, 2.45) is 0 Å². The van der Waals surface area contributed by atoms with Crippen molar-refractivity contribution in [1.82, 2.24) is 9.62 Å². The summed E-state index contributed by atoms with van der Waals surface area (Å²) in [4.78, 5) is 1.36. The predicted molar refractivity (Wildman–Crippen MR) is 88.6 cm³/mol. The Labute approximate surface area is 134 Å². The molecule has 0 spiro atoms. The Kier molecular flexibility index (Phi) is 7.39. The minimum atomic E-state index is -3.46. The number of hydrogen-bond acceptors (Lipinski definition) is 4. The maximum Gasteiger partial charge on any atom is 0.245 e. The summed E-state index contributed by atoms with van der Waals surface area (Å²) in [5.74, 6) is 0. The molecule has 1 rings (SSSR count). The average molecular weight is 381 g/mol. The molecule has 0 aliphatic heterocycles. The van der Waals surface area contributed by atoms with Gasteiger partial charge in [-0.15, -0.1) is 17.9 Å². The fourth-order valence-corrected chi connectivity index (χ4v) is 5.86. The van der Waals surface area contributed by atoms with Crippen molar-refractivity contribution in [2.45, 2.75) is 31.7 Å². The summed E-state index contributed by atoms with van der Waals surface area (Å²) in [6, 6.07) is 1.75. The van der Waals surface area contributed by atoms with E-state index in [4.69, 9.17) is 0 Å². The molecule has 0 unspecified atom stereocenters. The van der Waals surface area contributed by atoms with Gasteiger partial charge in [-0.2, -0.15) is 4.31 Å². The Balaban J connectivity index is 3.06. The standard InChI is InChI=1S/C13H21BrN2O2S2/c1-4-7-16(8-5-2)20(17,18)12-9-11(10-15-6-3)19-13(12)14/h4,9,15H,1,5-8,10H2,2-3H3. The first kappa shape index (κ1) is 17.8. The van der Waals surface area contributed by atoms with Crippen molar-refractivity contribution in [3.63, 3.8) is 0 Å². The second-order valence-corrected chi connectivity index (χ2v) is 8.64. The molecule has 0 aromatic carbocycles. The lowest BCUT2D eigenvalue weighted by atomic mass is 10.4. The maximum atomic E-state index is 12.7. The number of sulfonamides is 1. The van der Waals surface area contributed by atoms with Gasteiger partial charge in [0, 0.05) is 24.5 Å². The van der Waals surface area contributed by atoms with Gasteiger partial charge in [0.1, 0.15) is 4.90 Å². The fraction of sp³-hybridized carbons (Fsp3) is 0.538. The van der Waals surface area contributed by atoms with Crippen molar-refractivity contribution in [2.75, 3.05) is 19.6 Å². The highest BCUT2D eigenvalue weighted by Gasteiger charge is 2.27. The monoisotopic (exact) mass is 380 g/mol. The summed E-state index contributed by atoms with van der Waals surface area (Å²) in [6.45, 7) is 9.99. The van der Waals surface area contributed by atoms with Crippen molar-refractivity contribution in [3.05, 3.63) is 27.4 Å². The van der Waals surface area contributed by atoms with Crippen LogP contribution >= 0.6 is 27.3 Å². The molecule has 0 aliphatic rings. The topological polar surface area (TPSA) is 49.4 Å². The van der Waals surface area contributed by atoms with Gasteiger partial charge in [0.05, 0.1) is 3.79 Å². The van der Waals surface area contributed by atoms with Crippen LogP contribution in [-0.2, 0) is 16.6 Å². The van der Waals surface area contributed by atoms with E-state index in [1.807, 2.05) is 13.8 Å². The lowest BCUT2D eigenvalue weighted by Gasteiger charge is -2.19. The molecule has 1 aromatic heterocycles. The minimum Gasteiger partial charge on any atom is -0.312 e. The Hall–Kier alpha value is -0.210. The zero-order valence-electron chi connectivity index (χ0n) is 11.9. The number of hydrogen-bond donors (Lipinski definition) is 1. The normalized spacial score (nSPS) is 12.0. The second kappa shape index (κ2) is 8.29. The highest BCUT2D eigenvalue weighted by Crippen LogP contribution is 2.33. The lowest BCUT2D eigenvalue weighted by Crippen LogP contribution is -2.31. The summed E-state index contributed by atoms with van der Waals surface area (Å²) in [6.07, 6.45) is 2.39. The van der Waals surface area contributed by atoms with Gasteiger partial charge in [-0.05, 0) is 35.0 Å². The van der Waals surface area contributed by atoms with Gasteiger partial charge in [0.15, 0.2) is 0 Å². The Morgan fingerprint density at radius 3 is 2.75 bits per heavy atom. The number of nitrogens with one attached hydrogen (secondary N) is 1. The largest absolute Gasteiger partial charge is 0.312 e. The summed E-state index contributed by atoms with van der Waals surface area (Å²) >= 11 is 4.83. The average Bonchev–Trinajstić information content (AvgIpc) is 2.78. The molecule has 0 atom stereocenters. The van der Waals surface area contributed by atoms with E-state index in [0.717, 1.165) is 17.8 Å². The molecule has 1 aromatic rings. The SMILES string of the molecule is C=CCN(CCC)S(=O)(=O)c1cc(CNCC)sc1Br. The molecule has 114 valence electrons. The van der Waals surface area contributed by atoms with E-state index in [1.54, 1.807) is 12.1 Å². The predicted octanol–water partition coefficient (Wildman–Crippen LogP) is 3.21. The highest BCUT2D eigenvalue weighted by molar-refractivity contribution is 9.11. The molecule has 4 nitrogen and oxygen atoms in total. The van der Waals surface area contributed by atoms with Crippen LogP contribution in [-0.4, -0.2) is 32.4 Å². The molecular weight excluding hydrogens is 360 g/mol. The number of halogens is 1. The van der Waals surface area contributed by atoms with E-state index in [1.165, 1.54) is 15.6 Å². The third-order valence-electron chi connectivity index (χ3n) is 2.68. The molecule has 0 radical (unpaired) electrons. The van der Waals surface area contributed by atoms with Crippen LogP contribution in [0.3, 0.4) is 0 Å². The smallest absolute Gasteiger partial charge is 0.245 e. The molecule has 0 bridgehead atoms. The van der Waals surface area contributed by atoms with Gasteiger partial charge in [0.25, 0.3) is 0 Å². The molecule has 20 heavy (non-hydrogen) atoms. The van der Waals surface area contributed by atoms with E-state index in [-0.39, 0.29) is 0 Å². The van der Waals surface area contributed by atoms with Crippen LogP contribution in [0.5, 0.6) is 0 Å². The van der Waals surface area contributed by atoms with Crippen molar-refractivity contribution < 1.29 is 8.42 Å². The zero-order valence-corrected chi connectivity index (χ0v) is 15.1. The summed E-state index contributed by atoms with van der Waals surface area (Å²) in [7, 11) is -3.46. The van der Waals surface area contributed by atoms with Crippen LogP contribution in [0.4, 0.5) is 0 Å². The number of thiophene rings is 1. The molecule has 0 aliphatic carbocycles. The zero-order chi connectivity index (χ0) is 15.2. The first-order chi connectivity index (χ1) is 9.47. The highest BCUT2D eigenvalue weighted by atomic mass is 79.9. The van der Waals surface area contributed by atoms with Crippen LogP contribution in [0.15, 0.2) is 27.4 Å². The van der Waals surface area contributed by atoms with E-state index >= 15 is 0 Å². The van der Waals surface area contributed by atoms with E-state index < -0.39 is 10.0 Å². The third kappa shape index (κ3) is 4.39. The fourth-order valence-electron chi connectivity index (χ4n) is 1.75. The van der Waals surface area contributed by atoms with Gasteiger partial charge in [-0.1, -0.05) is 19.9 Å². The van der Waals surface area contributed by atoms with Gasteiger partial charge in [0.2, 0.25) is 10.0 Å². The summed E-state index contributed by atoms with van der Waals surface area (Å²) in [5, 5.41) is 3.20. The van der Waals surface area contributed by atoms with Crippen molar-refractivity contribution in [3.8, 4) is 0 Å². The minimum absolute atomic E-state index is 0.334. The van der Waals surface area contributed by atoms with Gasteiger partial charge < -0.3 is 5.32 Å². The van der Waals surface area contributed by atoms with Crippen molar-refractivity contribution >= 4 is 37.3 Å². The van der Waals surface area contributed by atoms with Crippen LogP contribution in [0, 0.1) is 0 Å². The first-order valence-electron chi connectivity index (χ1n) is 6.57. The van der Waals surface area contributed by atoms with Gasteiger partial charge in [-0.3, -0.25) is 0 Å². The Morgan fingerprint density at radius 1 is 1.50 bits per heavy atom. The van der Waals surface area contributed by atoms with E-state index in [9.17, 15) is 8.42 Å². The van der Waals surface area contributed by atoms with Crippen molar-refractivity contribution in [1.29, 1.82) is 0 Å². The van der Waals surface area contributed by atoms with E-state index in [0.29, 0.717) is 28.3 Å². The summed E-state index contributed by atoms with van der Waals surface area (Å²) in [5.41, 5.74) is 0. The number of rotatable bonds is 9. The Morgan fingerprint density at radius 2 is 2.20 bits per heavy atom. The molecule has 0 saturated heterocycles. The molecule has 0 saturated carbocycles. The first-order valence-corrected chi connectivity index (χ1v) is 9.62. The molecule has 0 amide bonds. The molecule has 1 heterocycles. The van der Waals surface area contributed by atoms with Crippen LogP contribution in [0.1, 0.15) is 25.1 Å². The number of nitrogens with zero attached hydrogens (tertiary/aromatic N) is 1.